The summed E-state index contributed by atoms with van der Waals surface area (Å²) in [5, 5.41) is 7.70. The van der Waals surface area contributed by atoms with Crippen LogP contribution < -0.4 is 5.32 Å². The van der Waals surface area contributed by atoms with Gasteiger partial charge in [-0.25, -0.2) is 0 Å². The van der Waals surface area contributed by atoms with Crippen molar-refractivity contribution in [3.05, 3.63) is 11.7 Å². The second-order valence-corrected chi connectivity index (χ2v) is 5.72. The van der Waals surface area contributed by atoms with Crippen molar-refractivity contribution in [3.8, 4) is 0 Å². The number of nitrogens with zero attached hydrogens (tertiary/aromatic N) is 2. The molecular formula is C14H23N3O. The Labute approximate surface area is 109 Å². The van der Waals surface area contributed by atoms with Crippen LogP contribution in [0.5, 0.6) is 0 Å². The first-order valence-corrected chi connectivity index (χ1v) is 7.43. The average molecular weight is 249 g/mol. The Balaban J connectivity index is 1.57. The zero-order valence-corrected chi connectivity index (χ0v) is 11.2. The highest BCUT2D eigenvalue weighted by atomic mass is 16.5. The van der Waals surface area contributed by atoms with Crippen molar-refractivity contribution < 1.29 is 4.52 Å². The third-order valence-electron chi connectivity index (χ3n) is 4.50. The van der Waals surface area contributed by atoms with Crippen molar-refractivity contribution >= 4 is 0 Å². The molecule has 4 nitrogen and oxygen atoms in total. The molecule has 0 aliphatic heterocycles. The summed E-state index contributed by atoms with van der Waals surface area (Å²) in [7, 11) is 0. The molecule has 100 valence electrons. The van der Waals surface area contributed by atoms with Gasteiger partial charge in [0.15, 0.2) is 5.82 Å². The van der Waals surface area contributed by atoms with Gasteiger partial charge in [0, 0.05) is 17.9 Å². The van der Waals surface area contributed by atoms with E-state index >= 15 is 0 Å². The highest BCUT2D eigenvalue weighted by Crippen LogP contribution is 2.37. The Hall–Kier alpha value is -0.900. The van der Waals surface area contributed by atoms with Gasteiger partial charge in [0.05, 0.1) is 0 Å². The molecular weight excluding hydrogens is 226 g/mol. The smallest absolute Gasteiger partial charge is 0.229 e. The minimum absolute atomic E-state index is 0.501. The molecule has 0 unspecified atom stereocenters. The van der Waals surface area contributed by atoms with Crippen LogP contribution in [-0.2, 0) is 0 Å². The summed E-state index contributed by atoms with van der Waals surface area (Å²) in [4.78, 5) is 4.63. The molecule has 3 rings (SSSR count). The highest BCUT2D eigenvalue weighted by molar-refractivity contribution is 5.03. The molecule has 2 aliphatic rings. The predicted molar refractivity (Wildman–Crippen MR) is 69.6 cm³/mol. The van der Waals surface area contributed by atoms with Crippen LogP contribution in [0.15, 0.2) is 4.52 Å². The van der Waals surface area contributed by atoms with Gasteiger partial charge in [-0.3, -0.25) is 0 Å². The molecule has 1 heterocycles. The van der Waals surface area contributed by atoms with E-state index in [1.807, 2.05) is 0 Å². The lowest BCUT2D eigenvalue weighted by molar-refractivity contribution is 0.281. The zero-order chi connectivity index (χ0) is 12.4. The van der Waals surface area contributed by atoms with E-state index in [9.17, 15) is 0 Å². The topological polar surface area (TPSA) is 51.0 Å². The largest absolute Gasteiger partial charge is 0.339 e. The molecule has 0 saturated heterocycles. The van der Waals surface area contributed by atoms with E-state index in [1.54, 1.807) is 0 Å². The predicted octanol–water partition coefficient (Wildman–Crippen LogP) is 2.97. The fraction of sp³-hybridized carbons (Fsp3) is 0.857. The van der Waals surface area contributed by atoms with Crippen LogP contribution in [0, 0.1) is 0 Å². The first-order valence-electron chi connectivity index (χ1n) is 7.43. The molecule has 2 aliphatic carbocycles. The minimum Gasteiger partial charge on any atom is -0.339 e. The van der Waals surface area contributed by atoms with E-state index < -0.39 is 0 Å². The van der Waals surface area contributed by atoms with E-state index in [0.717, 1.165) is 18.3 Å². The second kappa shape index (κ2) is 5.39. The van der Waals surface area contributed by atoms with Crippen LogP contribution >= 0.6 is 0 Å². The summed E-state index contributed by atoms with van der Waals surface area (Å²) in [6.07, 6.45) is 8.65. The summed E-state index contributed by atoms with van der Waals surface area (Å²) in [6, 6.07) is 0.695. The van der Waals surface area contributed by atoms with Crippen LogP contribution in [-0.4, -0.2) is 22.7 Å². The molecule has 0 radical (unpaired) electrons. The van der Waals surface area contributed by atoms with E-state index in [0.29, 0.717) is 17.9 Å². The van der Waals surface area contributed by atoms with Gasteiger partial charge in [0.2, 0.25) is 5.89 Å². The fourth-order valence-electron chi connectivity index (χ4n) is 3.08. The highest BCUT2D eigenvalue weighted by Gasteiger charge is 2.29. The average Bonchev–Trinajstić information content (AvgIpc) is 2.77. The Kier molecular flexibility index (Phi) is 3.64. The maximum absolute atomic E-state index is 5.47. The lowest BCUT2D eigenvalue weighted by Crippen LogP contribution is -2.32. The van der Waals surface area contributed by atoms with Crippen molar-refractivity contribution in [2.24, 2.45) is 0 Å². The summed E-state index contributed by atoms with van der Waals surface area (Å²) >= 11 is 0. The molecule has 2 saturated carbocycles. The molecule has 0 amide bonds. The van der Waals surface area contributed by atoms with Crippen LogP contribution in [0.3, 0.4) is 0 Å². The molecule has 0 spiro atoms. The summed E-state index contributed by atoms with van der Waals surface area (Å²) < 4.78 is 5.47. The third-order valence-corrected chi connectivity index (χ3v) is 4.50. The third kappa shape index (κ3) is 2.44. The Bertz CT molecular complexity index is 378. The standard InChI is InChI=1S/C14H23N3O/c1-2-15-12-8-6-11(7-9-12)14-16-13(17-18-14)10-4-3-5-10/h10-12,15H,2-9H2,1H3. The molecule has 0 aromatic carbocycles. The Morgan fingerprint density at radius 3 is 2.50 bits per heavy atom. The van der Waals surface area contributed by atoms with Gasteiger partial charge in [-0.15, -0.1) is 0 Å². The SMILES string of the molecule is CCNC1CCC(c2nc(C3CCC3)no2)CC1. The van der Waals surface area contributed by atoms with Crippen molar-refractivity contribution in [1.82, 2.24) is 15.5 Å². The lowest BCUT2D eigenvalue weighted by Gasteiger charge is -2.26. The quantitative estimate of drug-likeness (QED) is 0.891. The number of aromatic nitrogens is 2. The van der Waals surface area contributed by atoms with Gasteiger partial charge in [0.25, 0.3) is 0 Å². The van der Waals surface area contributed by atoms with Gasteiger partial charge in [-0.05, 0) is 45.1 Å². The lowest BCUT2D eigenvalue weighted by atomic mass is 9.84. The van der Waals surface area contributed by atoms with Crippen LogP contribution in [0.4, 0.5) is 0 Å². The molecule has 1 aromatic rings. The van der Waals surface area contributed by atoms with Crippen molar-refractivity contribution in [2.75, 3.05) is 6.54 Å². The second-order valence-electron chi connectivity index (χ2n) is 5.72. The number of rotatable bonds is 4. The molecule has 0 atom stereocenters. The van der Waals surface area contributed by atoms with Crippen molar-refractivity contribution in [2.45, 2.75) is 69.7 Å². The minimum atomic E-state index is 0.501. The number of nitrogens with one attached hydrogen (secondary N) is 1. The molecule has 4 heteroatoms. The van der Waals surface area contributed by atoms with Crippen LogP contribution in [0.1, 0.15) is 75.4 Å². The zero-order valence-electron chi connectivity index (χ0n) is 11.2. The van der Waals surface area contributed by atoms with E-state index in [2.05, 4.69) is 22.4 Å². The van der Waals surface area contributed by atoms with Crippen LogP contribution in [0.25, 0.3) is 0 Å². The maximum atomic E-state index is 5.47. The Morgan fingerprint density at radius 2 is 1.89 bits per heavy atom. The number of hydrogen-bond acceptors (Lipinski definition) is 4. The monoisotopic (exact) mass is 249 g/mol. The maximum Gasteiger partial charge on any atom is 0.229 e. The van der Waals surface area contributed by atoms with E-state index in [-0.39, 0.29) is 0 Å². The Morgan fingerprint density at radius 1 is 1.11 bits per heavy atom. The van der Waals surface area contributed by atoms with Crippen LogP contribution in [0.2, 0.25) is 0 Å². The summed E-state index contributed by atoms with van der Waals surface area (Å²) in [5.74, 6) is 2.94. The normalized spacial score (nSPS) is 29.2. The fourth-order valence-corrected chi connectivity index (χ4v) is 3.08. The number of hydrogen-bond donors (Lipinski definition) is 1. The van der Waals surface area contributed by atoms with Crippen molar-refractivity contribution in [3.63, 3.8) is 0 Å². The molecule has 1 aromatic heterocycles. The van der Waals surface area contributed by atoms with Gasteiger partial charge < -0.3 is 9.84 Å². The van der Waals surface area contributed by atoms with Crippen molar-refractivity contribution in [1.29, 1.82) is 0 Å². The summed E-state index contributed by atoms with van der Waals surface area (Å²) in [6.45, 7) is 3.25. The van der Waals surface area contributed by atoms with Gasteiger partial charge in [0.1, 0.15) is 0 Å². The van der Waals surface area contributed by atoms with Gasteiger partial charge in [-0.2, -0.15) is 4.98 Å². The van der Waals surface area contributed by atoms with E-state index in [1.165, 1.54) is 44.9 Å². The summed E-state index contributed by atoms with van der Waals surface area (Å²) in [5.41, 5.74) is 0. The first-order chi connectivity index (χ1) is 8.86. The molecule has 1 N–H and O–H groups in total. The van der Waals surface area contributed by atoms with Gasteiger partial charge in [-0.1, -0.05) is 18.5 Å². The van der Waals surface area contributed by atoms with E-state index in [4.69, 9.17) is 4.52 Å². The molecule has 2 fully saturated rings. The first kappa shape index (κ1) is 12.2. The van der Waals surface area contributed by atoms with Gasteiger partial charge >= 0.3 is 0 Å². The molecule has 0 bridgehead atoms. The molecule has 18 heavy (non-hydrogen) atoms.